The van der Waals surface area contributed by atoms with Crippen molar-refractivity contribution in [2.45, 2.75) is 23.8 Å². The van der Waals surface area contributed by atoms with E-state index in [-0.39, 0.29) is 11.8 Å². The topological polar surface area (TPSA) is 92.9 Å². The molecule has 1 unspecified atom stereocenters. The lowest BCUT2D eigenvalue weighted by Gasteiger charge is -2.12. The second-order valence-corrected chi connectivity index (χ2v) is 6.06. The molecule has 0 fully saturated rings. The van der Waals surface area contributed by atoms with Gasteiger partial charge in [0.1, 0.15) is 0 Å². The van der Waals surface area contributed by atoms with Crippen LogP contribution in [0.25, 0.3) is 0 Å². The average Bonchev–Trinajstić information content (AvgIpc) is 2.98. The van der Waals surface area contributed by atoms with Crippen LogP contribution in [0.1, 0.15) is 6.92 Å². The minimum Gasteiger partial charge on any atom is -0.481 e. The van der Waals surface area contributed by atoms with Crippen molar-refractivity contribution in [1.82, 2.24) is 19.7 Å². The predicted molar refractivity (Wildman–Crippen MR) is 73.6 cm³/mol. The summed E-state index contributed by atoms with van der Waals surface area (Å²) in [5.41, 5.74) is 0. The van der Waals surface area contributed by atoms with E-state index in [2.05, 4.69) is 20.5 Å². The minimum atomic E-state index is -0.858. The van der Waals surface area contributed by atoms with Crippen LogP contribution in [0.4, 0.5) is 5.13 Å². The van der Waals surface area contributed by atoms with Crippen molar-refractivity contribution in [3.05, 3.63) is 18.7 Å². The van der Waals surface area contributed by atoms with Crippen molar-refractivity contribution < 1.29 is 9.90 Å². The van der Waals surface area contributed by atoms with Gasteiger partial charge in [-0.1, -0.05) is 23.1 Å². The lowest BCUT2D eigenvalue weighted by atomic mass is 10.3. The number of nitrogens with one attached hydrogen (secondary N) is 1. The van der Waals surface area contributed by atoms with Crippen molar-refractivity contribution in [3.63, 3.8) is 0 Å². The smallest absolute Gasteiger partial charge is 0.313 e. The summed E-state index contributed by atoms with van der Waals surface area (Å²) in [6.45, 7) is 2.81. The number of hydrogen-bond acceptors (Lipinski definition) is 7. The molecule has 0 aliphatic carbocycles. The molecule has 0 radical (unpaired) electrons. The van der Waals surface area contributed by atoms with E-state index in [1.54, 1.807) is 12.5 Å². The Labute approximate surface area is 118 Å². The Bertz CT molecular complexity index is 528. The van der Waals surface area contributed by atoms with Gasteiger partial charge in [0.2, 0.25) is 5.13 Å². The molecule has 0 bridgehead atoms. The molecule has 0 aromatic carbocycles. The number of aliphatic carboxylic acids is 1. The maximum Gasteiger partial charge on any atom is 0.313 e. The van der Waals surface area contributed by atoms with E-state index in [4.69, 9.17) is 5.11 Å². The van der Waals surface area contributed by atoms with Gasteiger partial charge in [-0.05, 0) is 6.92 Å². The second-order valence-electron chi connectivity index (χ2n) is 3.86. The fourth-order valence-corrected chi connectivity index (χ4v) is 3.00. The van der Waals surface area contributed by atoms with Crippen LogP contribution >= 0.6 is 23.1 Å². The molecule has 0 spiro atoms. The van der Waals surface area contributed by atoms with E-state index in [0.29, 0.717) is 9.47 Å². The van der Waals surface area contributed by atoms with Crippen LogP contribution in [-0.4, -0.2) is 42.6 Å². The third kappa shape index (κ3) is 4.52. The van der Waals surface area contributed by atoms with Gasteiger partial charge in [0.15, 0.2) is 4.34 Å². The Morgan fingerprint density at radius 2 is 2.47 bits per heavy atom. The van der Waals surface area contributed by atoms with E-state index in [1.807, 2.05) is 17.7 Å². The van der Waals surface area contributed by atoms with Gasteiger partial charge < -0.3 is 15.0 Å². The highest BCUT2D eigenvalue weighted by molar-refractivity contribution is 8.01. The van der Waals surface area contributed by atoms with Crippen LogP contribution < -0.4 is 5.32 Å². The van der Waals surface area contributed by atoms with Gasteiger partial charge in [-0.2, -0.15) is 0 Å². The first-order valence-corrected chi connectivity index (χ1v) is 7.34. The SMILES string of the molecule is CC(Cn1ccnc1)Nc1nnc(SCC(=O)O)s1. The van der Waals surface area contributed by atoms with Gasteiger partial charge in [0, 0.05) is 25.0 Å². The normalized spacial score (nSPS) is 12.3. The van der Waals surface area contributed by atoms with Gasteiger partial charge in [-0.15, -0.1) is 10.2 Å². The molecular weight excluding hydrogens is 286 g/mol. The second kappa shape index (κ2) is 6.53. The number of anilines is 1. The number of aromatic nitrogens is 4. The molecule has 0 aliphatic rings. The van der Waals surface area contributed by atoms with Crippen LogP contribution in [-0.2, 0) is 11.3 Å². The highest BCUT2D eigenvalue weighted by Gasteiger charge is 2.09. The summed E-state index contributed by atoms with van der Waals surface area (Å²) in [5.74, 6) is -0.859. The van der Waals surface area contributed by atoms with Gasteiger partial charge in [-0.3, -0.25) is 4.79 Å². The van der Waals surface area contributed by atoms with Crippen molar-refractivity contribution in [1.29, 1.82) is 0 Å². The molecule has 2 aromatic rings. The molecule has 1 atom stereocenters. The molecule has 0 aliphatic heterocycles. The van der Waals surface area contributed by atoms with E-state index < -0.39 is 5.97 Å². The molecule has 2 heterocycles. The number of nitrogens with zero attached hydrogens (tertiary/aromatic N) is 4. The van der Waals surface area contributed by atoms with E-state index in [1.165, 1.54) is 23.1 Å². The Hall–Kier alpha value is -1.61. The monoisotopic (exact) mass is 299 g/mol. The Kier molecular flexibility index (Phi) is 4.74. The zero-order valence-corrected chi connectivity index (χ0v) is 11.8. The molecule has 0 saturated carbocycles. The highest BCUT2D eigenvalue weighted by Crippen LogP contribution is 2.25. The molecule has 9 heteroatoms. The molecule has 2 N–H and O–H groups in total. The molecule has 19 heavy (non-hydrogen) atoms. The van der Waals surface area contributed by atoms with Crippen LogP contribution in [0.2, 0.25) is 0 Å². The largest absolute Gasteiger partial charge is 0.481 e. The number of hydrogen-bond donors (Lipinski definition) is 2. The molecular formula is C10H13N5O2S2. The number of rotatable bonds is 7. The summed E-state index contributed by atoms with van der Waals surface area (Å²) >= 11 is 2.53. The maximum absolute atomic E-state index is 10.4. The van der Waals surface area contributed by atoms with Crippen LogP contribution in [0, 0.1) is 0 Å². The third-order valence-corrected chi connectivity index (χ3v) is 4.11. The first kappa shape index (κ1) is 13.8. The Balaban J connectivity index is 1.83. The van der Waals surface area contributed by atoms with Crippen LogP contribution in [0.15, 0.2) is 23.1 Å². The lowest BCUT2D eigenvalue weighted by Crippen LogP contribution is -2.21. The first-order valence-electron chi connectivity index (χ1n) is 5.54. The number of carbonyl (C=O) groups is 1. The summed E-state index contributed by atoms with van der Waals surface area (Å²) < 4.78 is 2.62. The van der Waals surface area contributed by atoms with Gasteiger partial charge in [0.25, 0.3) is 0 Å². The van der Waals surface area contributed by atoms with Gasteiger partial charge >= 0.3 is 5.97 Å². The fourth-order valence-electron chi connectivity index (χ4n) is 1.42. The van der Waals surface area contributed by atoms with E-state index >= 15 is 0 Å². The predicted octanol–water partition coefficient (Wildman–Crippen LogP) is 1.41. The zero-order chi connectivity index (χ0) is 13.7. The molecule has 0 saturated heterocycles. The van der Waals surface area contributed by atoms with Crippen molar-refractivity contribution in [2.75, 3.05) is 11.1 Å². The summed E-state index contributed by atoms with van der Waals surface area (Å²) in [4.78, 5) is 14.4. The van der Waals surface area contributed by atoms with Crippen molar-refractivity contribution >= 4 is 34.2 Å². The van der Waals surface area contributed by atoms with E-state index in [0.717, 1.165) is 6.54 Å². The van der Waals surface area contributed by atoms with E-state index in [9.17, 15) is 4.79 Å². The summed E-state index contributed by atoms with van der Waals surface area (Å²) in [7, 11) is 0. The highest BCUT2D eigenvalue weighted by atomic mass is 32.2. The Morgan fingerprint density at radius 1 is 1.63 bits per heavy atom. The number of imidazole rings is 1. The fraction of sp³-hybridized carbons (Fsp3) is 0.400. The molecule has 2 rings (SSSR count). The molecule has 0 amide bonds. The van der Waals surface area contributed by atoms with Crippen LogP contribution in [0.3, 0.4) is 0 Å². The maximum atomic E-state index is 10.4. The molecule has 102 valence electrons. The first-order chi connectivity index (χ1) is 9.13. The van der Waals surface area contributed by atoms with Gasteiger partial charge in [-0.25, -0.2) is 4.98 Å². The number of carboxylic acids is 1. The van der Waals surface area contributed by atoms with Gasteiger partial charge in [0.05, 0.1) is 12.1 Å². The quantitative estimate of drug-likeness (QED) is 0.747. The molecule has 7 nitrogen and oxygen atoms in total. The van der Waals surface area contributed by atoms with Crippen LogP contribution in [0.5, 0.6) is 0 Å². The lowest BCUT2D eigenvalue weighted by molar-refractivity contribution is -0.133. The standard InChI is InChI=1S/C10H13N5O2S2/c1-7(4-15-3-2-11-6-15)12-9-13-14-10(19-9)18-5-8(16)17/h2-3,6-7H,4-5H2,1H3,(H,12,13)(H,16,17). The average molecular weight is 299 g/mol. The zero-order valence-electron chi connectivity index (χ0n) is 10.2. The summed E-state index contributed by atoms with van der Waals surface area (Å²) in [6, 6.07) is 0.180. The summed E-state index contributed by atoms with van der Waals surface area (Å²) in [6.07, 6.45) is 5.39. The summed E-state index contributed by atoms with van der Waals surface area (Å²) in [5, 5.41) is 20.4. The Morgan fingerprint density at radius 3 is 3.16 bits per heavy atom. The third-order valence-electron chi connectivity index (χ3n) is 2.14. The molecule has 2 aromatic heterocycles. The number of thioether (sulfide) groups is 1. The number of carboxylic acid groups (broad SMARTS) is 1. The minimum absolute atomic E-state index is 0.000770. The van der Waals surface area contributed by atoms with Crippen molar-refractivity contribution in [3.8, 4) is 0 Å². The van der Waals surface area contributed by atoms with Crippen molar-refractivity contribution in [2.24, 2.45) is 0 Å².